The van der Waals surface area contributed by atoms with Gasteiger partial charge in [0.2, 0.25) is 6.19 Å². The third-order valence-corrected chi connectivity index (χ3v) is 1.57. The molecule has 0 aromatic carbocycles. The molecule has 0 spiro atoms. The highest BCUT2D eigenvalue weighted by Gasteiger charge is 1.98. The Bertz CT molecular complexity index is 175. The number of allylic oxidation sites excluding steroid dienone is 1. The van der Waals surface area contributed by atoms with E-state index in [9.17, 15) is 0 Å². The molecule has 1 aliphatic heterocycles. The fraction of sp³-hybridized carbons (Fsp3) is 0.200. The average Bonchev–Trinajstić information content (AvgIpc) is 2.19. The number of rotatable bonds is 0. The molecular formula is C5H4N2S. The summed E-state index contributed by atoms with van der Waals surface area (Å²) < 4.78 is 0. The summed E-state index contributed by atoms with van der Waals surface area (Å²) in [5.74, 6) is 0.855. The van der Waals surface area contributed by atoms with Gasteiger partial charge in [-0.3, -0.25) is 0 Å². The van der Waals surface area contributed by atoms with Crippen LogP contribution in [0, 0.1) is 11.5 Å². The van der Waals surface area contributed by atoms with Crippen LogP contribution in [0.5, 0.6) is 0 Å². The Morgan fingerprint density at radius 2 is 2.75 bits per heavy atom. The van der Waals surface area contributed by atoms with Crippen LogP contribution in [0.2, 0.25) is 0 Å². The maximum atomic E-state index is 8.05. The summed E-state index contributed by atoms with van der Waals surface area (Å²) >= 11 is 1.66. The quantitative estimate of drug-likeness (QED) is 0.454. The van der Waals surface area contributed by atoms with Crippen LogP contribution in [0.1, 0.15) is 0 Å². The van der Waals surface area contributed by atoms with Crippen molar-refractivity contribution in [3.8, 4) is 6.19 Å². The molecule has 3 heteroatoms. The van der Waals surface area contributed by atoms with E-state index in [0.717, 1.165) is 11.5 Å². The predicted molar refractivity (Wildman–Crippen MR) is 34.6 cm³/mol. The van der Waals surface area contributed by atoms with Crippen LogP contribution in [-0.4, -0.2) is 11.5 Å². The molecule has 0 unspecified atom stereocenters. The molecule has 0 saturated heterocycles. The summed E-state index contributed by atoms with van der Waals surface area (Å²) in [5, 5.41) is 9.99. The van der Waals surface area contributed by atoms with Crippen LogP contribution in [-0.2, 0) is 0 Å². The van der Waals surface area contributed by atoms with Crippen molar-refractivity contribution in [3.05, 3.63) is 11.5 Å². The van der Waals surface area contributed by atoms with Crippen LogP contribution >= 0.6 is 11.8 Å². The molecule has 0 bridgehead atoms. The first kappa shape index (κ1) is 5.39. The number of aliphatic imine (C=N–C) groups is 1. The Hall–Kier alpha value is -0.750. The average molecular weight is 124 g/mol. The summed E-state index contributed by atoms with van der Waals surface area (Å²) in [6, 6.07) is 0. The zero-order valence-corrected chi connectivity index (χ0v) is 4.98. The van der Waals surface area contributed by atoms with Crippen molar-refractivity contribution in [2.75, 3.05) is 5.75 Å². The van der Waals surface area contributed by atoms with Gasteiger partial charge in [0, 0.05) is 5.75 Å². The van der Waals surface area contributed by atoms with E-state index in [1.54, 1.807) is 18.0 Å². The van der Waals surface area contributed by atoms with Crippen LogP contribution in [0.3, 0.4) is 0 Å². The smallest absolute Gasteiger partial charge is 0.177 e. The Morgan fingerprint density at radius 1 is 1.88 bits per heavy atom. The maximum Gasteiger partial charge on any atom is 0.205 e. The van der Waals surface area contributed by atoms with Crippen LogP contribution < -0.4 is 0 Å². The topological polar surface area (TPSA) is 36.1 Å². The number of nitriles is 1. The van der Waals surface area contributed by atoms with E-state index in [-0.39, 0.29) is 0 Å². The summed E-state index contributed by atoms with van der Waals surface area (Å²) in [6.07, 6.45) is 3.59. The molecule has 0 fully saturated rings. The lowest BCUT2D eigenvalue weighted by Crippen LogP contribution is -1.88. The van der Waals surface area contributed by atoms with E-state index in [0.29, 0.717) is 0 Å². The van der Waals surface area contributed by atoms with Crippen molar-refractivity contribution < 1.29 is 0 Å². The second-order valence-corrected chi connectivity index (χ2v) is 2.21. The minimum atomic E-state index is 0.855. The standard InChI is InChI=1S/C5H4N2S/c6-4-7-5-1-2-8-3-5/h1-2H,3H2. The van der Waals surface area contributed by atoms with Gasteiger partial charge in [-0.15, -0.1) is 11.8 Å². The van der Waals surface area contributed by atoms with Crippen molar-refractivity contribution in [1.82, 2.24) is 0 Å². The number of nitrogens with zero attached hydrogens (tertiary/aromatic N) is 2. The van der Waals surface area contributed by atoms with E-state index in [4.69, 9.17) is 5.26 Å². The lowest BCUT2D eigenvalue weighted by atomic mass is 10.4. The van der Waals surface area contributed by atoms with Gasteiger partial charge in [-0.25, -0.2) is 0 Å². The first-order chi connectivity index (χ1) is 3.93. The molecule has 1 heterocycles. The predicted octanol–water partition coefficient (Wildman–Crippen LogP) is 1.17. The molecule has 8 heavy (non-hydrogen) atoms. The molecular weight excluding hydrogens is 120 g/mol. The molecule has 2 nitrogen and oxygen atoms in total. The minimum absolute atomic E-state index is 0.855. The second kappa shape index (κ2) is 2.53. The summed E-state index contributed by atoms with van der Waals surface area (Å²) in [4.78, 5) is 3.54. The van der Waals surface area contributed by atoms with Gasteiger partial charge >= 0.3 is 0 Å². The summed E-state index contributed by atoms with van der Waals surface area (Å²) in [5.41, 5.74) is 0.873. The third kappa shape index (κ3) is 1.11. The SMILES string of the molecule is N#CN=C1C=CSC1. The molecule has 1 rings (SSSR count). The monoisotopic (exact) mass is 124 g/mol. The molecule has 0 atom stereocenters. The first-order valence-corrected chi connectivity index (χ1v) is 3.22. The number of hydrogen-bond donors (Lipinski definition) is 0. The highest BCUT2D eigenvalue weighted by molar-refractivity contribution is 8.03. The van der Waals surface area contributed by atoms with Crippen molar-refractivity contribution in [3.63, 3.8) is 0 Å². The largest absolute Gasteiger partial charge is 0.205 e. The lowest BCUT2D eigenvalue weighted by molar-refractivity contribution is 1.44. The summed E-state index contributed by atoms with van der Waals surface area (Å²) in [6.45, 7) is 0. The van der Waals surface area contributed by atoms with E-state index in [2.05, 4.69) is 4.99 Å². The molecule has 0 radical (unpaired) electrons. The van der Waals surface area contributed by atoms with Gasteiger partial charge in [0.05, 0.1) is 5.71 Å². The number of hydrogen-bond acceptors (Lipinski definition) is 3. The first-order valence-electron chi connectivity index (χ1n) is 2.17. The molecule has 0 aliphatic carbocycles. The van der Waals surface area contributed by atoms with E-state index >= 15 is 0 Å². The van der Waals surface area contributed by atoms with Gasteiger partial charge in [-0.2, -0.15) is 10.3 Å². The van der Waals surface area contributed by atoms with Crippen LogP contribution in [0.4, 0.5) is 0 Å². The Kier molecular flexibility index (Phi) is 1.70. The van der Waals surface area contributed by atoms with Gasteiger partial charge in [-0.05, 0) is 11.5 Å². The van der Waals surface area contributed by atoms with Gasteiger partial charge in [0.15, 0.2) is 0 Å². The fourth-order valence-corrected chi connectivity index (χ4v) is 1.12. The van der Waals surface area contributed by atoms with E-state index in [1.807, 2.05) is 11.5 Å². The number of thioether (sulfide) groups is 1. The highest BCUT2D eigenvalue weighted by Crippen LogP contribution is 2.10. The van der Waals surface area contributed by atoms with Gasteiger partial charge in [0.1, 0.15) is 0 Å². The maximum absolute atomic E-state index is 8.05. The molecule has 0 N–H and O–H groups in total. The fourth-order valence-electron chi connectivity index (χ4n) is 0.442. The zero-order chi connectivity index (χ0) is 5.82. The summed E-state index contributed by atoms with van der Waals surface area (Å²) in [7, 11) is 0. The lowest BCUT2D eigenvalue weighted by Gasteiger charge is -1.79. The molecule has 0 saturated carbocycles. The Morgan fingerprint density at radius 3 is 3.25 bits per heavy atom. The molecule has 1 aliphatic rings. The molecule has 0 aromatic rings. The van der Waals surface area contributed by atoms with E-state index < -0.39 is 0 Å². The Balaban J connectivity index is 2.63. The van der Waals surface area contributed by atoms with Gasteiger partial charge < -0.3 is 0 Å². The molecule has 0 aromatic heterocycles. The van der Waals surface area contributed by atoms with E-state index in [1.165, 1.54) is 0 Å². The Labute approximate surface area is 51.9 Å². The normalized spacial score (nSPS) is 21.6. The molecule has 0 amide bonds. The van der Waals surface area contributed by atoms with Crippen molar-refractivity contribution in [2.24, 2.45) is 4.99 Å². The van der Waals surface area contributed by atoms with Crippen molar-refractivity contribution in [1.29, 1.82) is 5.26 Å². The van der Waals surface area contributed by atoms with Crippen LogP contribution in [0.25, 0.3) is 0 Å². The van der Waals surface area contributed by atoms with Crippen LogP contribution in [0.15, 0.2) is 16.5 Å². The molecule has 40 valence electrons. The minimum Gasteiger partial charge on any atom is -0.177 e. The third-order valence-electron chi connectivity index (χ3n) is 0.781. The second-order valence-electron chi connectivity index (χ2n) is 1.32. The van der Waals surface area contributed by atoms with Gasteiger partial charge in [-0.1, -0.05) is 0 Å². The van der Waals surface area contributed by atoms with Gasteiger partial charge in [0.25, 0.3) is 0 Å². The zero-order valence-electron chi connectivity index (χ0n) is 4.16. The highest BCUT2D eigenvalue weighted by atomic mass is 32.2. The van der Waals surface area contributed by atoms with Crippen molar-refractivity contribution in [2.45, 2.75) is 0 Å². The van der Waals surface area contributed by atoms with Crippen molar-refractivity contribution >= 4 is 17.5 Å².